The highest BCUT2D eigenvalue weighted by Gasteiger charge is 2.29. The number of rotatable bonds is 1. The minimum atomic E-state index is -0.0367. The van der Waals surface area contributed by atoms with Crippen molar-refractivity contribution >= 4 is 16.7 Å². The molecule has 0 radical (unpaired) electrons. The van der Waals surface area contributed by atoms with Crippen LogP contribution in [0.3, 0.4) is 0 Å². The third-order valence-corrected chi connectivity index (χ3v) is 3.64. The van der Waals surface area contributed by atoms with E-state index in [2.05, 4.69) is 9.97 Å². The first-order chi connectivity index (χ1) is 9.81. The molecule has 1 heterocycles. The molecule has 0 N–H and O–H groups in total. The monoisotopic (exact) mass is 262 g/mol. The molecular weight excluding hydrogens is 252 g/mol. The van der Waals surface area contributed by atoms with E-state index in [4.69, 9.17) is 4.74 Å². The topological polar surface area (TPSA) is 52.1 Å². The Balaban J connectivity index is 2.26. The van der Waals surface area contributed by atoms with Crippen LogP contribution >= 0.6 is 0 Å². The zero-order valence-electron chi connectivity index (χ0n) is 10.8. The molecule has 0 aliphatic heterocycles. The van der Waals surface area contributed by atoms with Gasteiger partial charge in [-0.05, 0) is 12.1 Å². The molecular formula is C16H10N2O2. The highest BCUT2D eigenvalue weighted by molar-refractivity contribution is 6.26. The molecule has 0 spiro atoms. The van der Waals surface area contributed by atoms with E-state index in [1.54, 1.807) is 13.2 Å². The molecule has 0 bridgehead atoms. The Labute approximate surface area is 115 Å². The van der Waals surface area contributed by atoms with Gasteiger partial charge in [0.15, 0.2) is 5.78 Å². The molecule has 0 amide bonds. The Hall–Kier alpha value is -2.75. The van der Waals surface area contributed by atoms with Gasteiger partial charge >= 0.3 is 0 Å². The lowest BCUT2D eigenvalue weighted by molar-refractivity contribution is 0.103. The first kappa shape index (κ1) is 11.1. The number of ketones is 1. The predicted molar refractivity (Wildman–Crippen MR) is 75.0 cm³/mol. The fourth-order valence-corrected chi connectivity index (χ4v) is 2.76. The maximum atomic E-state index is 12.7. The van der Waals surface area contributed by atoms with Crippen molar-refractivity contribution in [3.8, 4) is 17.0 Å². The van der Waals surface area contributed by atoms with Crippen molar-refractivity contribution in [2.45, 2.75) is 0 Å². The summed E-state index contributed by atoms with van der Waals surface area (Å²) in [4.78, 5) is 21.4. The number of benzene rings is 2. The van der Waals surface area contributed by atoms with Crippen molar-refractivity contribution in [3.05, 3.63) is 53.9 Å². The SMILES string of the molecule is COc1ccc2ncnc3c2c1C(=O)c1ccccc1-3. The molecule has 0 fully saturated rings. The summed E-state index contributed by atoms with van der Waals surface area (Å²) in [7, 11) is 1.56. The lowest BCUT2D eigenvalue weighted by Crippen LogP contribution is -2.12. The van der Waals surface area contributed by atoms with Crippen molar-refractivity contribution in [3.63, 3.8) is 0 Å². The van der Waals surface area contributed by atoms with Crippen molar-refractivity contribution < 1.29 is 9.53 Å². The Morgan fingerprint density at radius 2 is 1.80 bits per heavy atom. The lowest BCUT2D eigenvalue weighted by Gasteiger charge is -2.19. The molecule has 0 atom stereocenters. The maximum absolute atomic E-state index is 12.7. The maximum Gasteiger partial charge on any atom is 0.198 e. The van der Waals surface area contributed by atoms with Gasteiger partial charge in [-0.2, -0.15) is 0 Å². The predicted octanol–water partition coefficient (Wildman–Crippen LogP) is 2.85. The summed E-state index contributed by atoms with van der Waals surface area (Å²) in [5.41, 5.74) is 3.61. The van der Waals surface area contributed by atoms with E-state index in [0.29, 0.717) is 16.9 Å². The summed E-state index contributed by atoms with van der Waals surface area (Å²) in [6, 6.07) is 11.1. The summed E-state index contributed by atoms with van der Waals surface area (Å²) in [5.74, 6) is 0.526. The first-order valence-corrected chi connectivity index (χ1v) is 6.27. The number of hydrogen-bond donors (Lipinski definition) is 0. The number of aromatic nitrogens is 2. The molecule has 0 unspecified atom stereocenters. The molecule has 96 valence electrons. The van der Waals surface area contributed by atoms with Crippen LogP contribution in [-0.2, 0) is 0 Å². The van der Waals surface area contributed by atoms with Crippen molar-refractivity contribution in [2.24, 2.45) is 0 Å². The number of methoxy groups -OCH3 is 1. The van der Waals surface area contributed by atoms with Crippen molar-refractivity contribution in [1.82, 2.24) is 9.97 Å². The largest absolute Gasteiger partial charge is 0.496 e. The number of hydrogen-bond acceptors (Lipinski definition) is 4. The molecule has 1 aliphatic carbocycles. The fraction of sp³-hybridized carbons (Fsp3) is 0.0625. The van der Waals surface area contributed by atoms with E-state index >= 15 is 0 Å². The molecule has 3 aromatic rings. The number of fused-ring (bicyclic) bond motifs is 2. The molecule has 1 aromatic heterocycles. The molecule has 0 saturated carbocycles. The Morgan fingerprint density at radius 3 is 2.60 bits per heavy atom. The van der Waals surface area contributed by atoms with Gasteiger partial charge in [0.25, 0.3) is 0 Å². The third-order valence-electron chi connectivity index (χ3n) is 3.64. The molecule has 20 heavy (non-hydrogen) atoms. The van der Waals surface area contributed by atoms with E-state index in [1.807, 2.05) is 30.3 Å². The van der Waals surface area contributed by atoms with Crippen molar-refractivity contribution in [2.75, 3.05) is 7.11 Å². The third kappa shape index (κ3) is 1.28. The van der Waals surface area contributed by atoms with Gasteiger partial charge in [-0.25, -0.2) is 9.97 Å². The van der Waals surface area contributed by atoms with Crippen LogP contribution in [0, 0.1) is 0 Å². The van der Waals surface area contributed by atoms with E-state index in [0.717, 1.165) is 22.2 Å². The molecule has 4 heteroatoms. The number of ether oxygens (including phenoxy) is 1. The van der Waals surface area contributed by atoms with Gasteiger partial charge < -0.3 is 4.74 Å². The van der Waals surface area contributed by atoms with Gasteiger partial charge in [-0.1, -0.05) is 24.3 Å². The van der Waals surface area contributed by atoms with Crippen LogP contribution in [0.2, 0.25) is 0 Å². The normalized spacial score (nSPS) is 12.3. The minimum absolute atomic E-state index is 0.0367. The van der Waals surface area contributed by atoms with Crippen LogP contribution in [0.5, 0.6) is 5.75 Å². The zero-order chi connectivity index (χ0) is 13.7. The van der Waals surface area contributed by atoms with Crippen LogP contribution in [0.4, 0.5) is 0 Å². The molecule has 4 nitrogen and oxygen atoms in total. The van der Waals surface area contributed by atoms with E-state index < -0.39 is 0 Å². The second-order valence-corrected chi connectivity index (χ2v) is 4.63. The smallest absolute Gasteiger partial charge is 0.198 e. The van der Waals surface area contributed by atoms with Crippen LogP contribution in [0.1, 0.15) is 15.9 Å². The average molecular weight is 262 g/mol. The second-order valence-electron chi connectivity index (χ2n) is 4.63. The van der Waals surface area contributed by atoms with Gasteiger partial charge in [-0.3, -0.25) is 4.79 Å². The summed E-state index contributed by atoms with van der Waals surface area (Å²) >= 11 is 0. The standard InChI is InChI=1S/C16H10N2O2/c1-20-12-7-6-11-13-14(12)16(19)10-5-3-2-4-9(10)15(13)18-8-17-11/h2-8H,1H3. The van der Waals surface area contributed by atoms with Gasteiger partial charge in [0.05, 0.1) is 23.9 Å². The highest BCUT2D eigenvalue weighted by Crippen LogP contribution is 2.40. The van der Waals surface area contributed by atoms with Crippen LogP contribution in [-0.4, -0.2) is 22.9 Å². The van der Waals surface area contributed by atoms with Crippen molar-refractivity contribution in [1.29, 1.82) is 0 Å². The Morgan fingerprint density at radius 1 is 1.00 bits per heavy atom. The first-order valence-electron chi connectivity index (χ1n) is 6.27. The molecule has 4 rings (SSSR count). The van der Waals surface area contributed by atoms with Gasteiger partial charge in [0, 0.05) is 16.5 Å². The molecule has 1 aliphatic rings. The average Bonchev–Trinajstić information content (AvgIpc) is 2.52. The second kappa shape index (κ2) is 3.87. The Kier molecular flexibility index (Phi) is 2.15. The van der Waals surface area contributed by atoms with Gasteiger partial charge in [0.1, 0.15) is 12.1 Å². The quantitative estimate of drug-likeness (QED) is 0.529. The van der Waals surface area contributed by atoms with Crippen LogP contribution in [0.15, 0.2) is 42.7 Å². The summed E-state index contributed by atoms with van der Waals surface area (Å²) in [6.45, 7) is 0. The van der Waals surface area contributed by atoms with Gasteiger partial charge in [0.2, 0.25) is 0 Å². The molecule has 2 aromatic carbocycles. The van der Waals surface area contributed by atoms with E-state index in [-0.39, 0.29) is 5.78 Å². The number of nitrogens with zero attached hydrogens (tertiary/aromatic N) is 2. The van der Waals surface area contributed by atoms with Crippen LogP contribution < -0.4 is 4.74 Å². The lowest BCUT2D eigenvalue weighted by atomic mass is 9.86. The zero-order valence-corrected chi connectivity index (χ0v) is 10.8. The van der Waals surface area contributed by atoms with E-state index in [1.165, 1.54) is 6.33 Å². The number of carbonyl (C=O) groups excluding carboxylic acids is 1. The highest BCUT2D eigenvalue weighted by atomic mass is 16.5. The van der Waals surface area contributed by atoms with Crippen LogP contribution in [0.25, 0.3) is 22.2 Å². The minimum Gasteiger partial charge on any atom is -0.496 e. The van der Waals surface area contributed by atoms with E-state index in [9.17, 15) is 4.79 Å². The number of carbonyl (C=O) groups is 1. The summed E-state index contributed by atoms with van der Waals surface area (Å²) < 4.78 is 5.34. The molecule has 0 saturated heterocycles. The Bertz CT molecular complexity index is 871. The van der Waals surface area contributed by atoms with Gasteiger partial charge in [-0.15, -0.1) is 0 Å². The fourth-order valence-electron chi connectivity index (χ4n) is 2.76. The summed E-state index contributed by atoms with van der Waals surface area (Å²) in [5, 5.41) is 0.774. The summed E-state index contributed by atoms with van der Waals surface area (Å²) in [6.07, 6.45) is 1.53.